The molecule has 0 unspecified atom stereocenters. The van der Waals surface area contributed by atoms with Gasteiger partial charge >= 0.3 is 0 Å². The molecule has 1 saturated heterocycles. The van der Waals surface area contributed by atoms with Crippen molar-refractivity contribution in [2.45, 2.75) is 24.2 Å². The predicted molar refractivity (Wildman–Crippen MR) is 109 cm³/mol. The van der Waals surface area contributed by atoms with Crippen LogP contribution in [0.3, 0.4) is 0 Å². The molecular weight excluding hydrogens is 374 g/mol. The quantitative estimate of drug-likeness (QED) is 0.731. The van der Waals surface area contributed by atoms with Crippen molar-refractivity contribution in [2.24, 2.45) is 0 Å². The van der Waals surface area contributed by atoms with Gasteiger partial charge in [-0.2, -0.15) is 4.31 Å². The summed E-state index contributed by atoms with van der Waals surface area (Å²) in [4.78, 5) is 17.3. The number of sulfonamides is 1. The molecule has 0 aliphatic carbocycles. The van der Waals surface area contributed by atoms with Crippen molar-refractivity contribution in [3.05, 3.63) is 66.4 Å². The van der Waals surface area contributed by atoms with Crippen LogP contribution in [0.15, 0.2) is 65.7 Å². The Labute approximate surface area is 164 Å². The third-order valence-electron chi connectivity index (χ3n) is 4.91. The predicted octanol–water partition coefficient (Wildman–Crippen LogP) is 3.66. The van der Waals surface area contributed by atoms with Crippen molar-refractivity contribution in [2.75, 3.05) is 18.4 Å². The summed E-state index contributed by atoms with van der Waals surface area (Å²) in [7, 11) is -3.71. The van der Waals surface area contributed by atoms with Crippen LogP contribution >= 0.6 is 0 Å². The second-order valence-electron chi connectivity index (χ2n) is 6.83. The lowest BCUT2D eigenvalue weighted by Crippen LogP contribution is -2.36. The molecule has 0 radical (unpaired) electrons. The zero-order valence-corrected chi connectivity index (χ0v) is 16.2. The number of hydrogen-bond acceptors (Lipinski definition) is 4. The van der Waals surface area contributed by atoms with E-state index in [9.17, 15) is 13.2 Å². The monoisotopic (exact) mass is 395 g/mol. The molecule has 0 spiro atoms. The molecule has 1 N–H and O–H groups in total. The summed E-state index contributed by atoms with van der Waals surface area (Å²) in [6.07, 6.45) is 4.29. The first-order valence-corrected chi connectivity index (χ1v) is 10.7. The van der Waals surface area contributed by atoms with Crippen LogP contribution in [0.25, 0.3) is 10.9 Å². The second-order valence-corrected chi connectivity index (χ2v) is 8.74. The topological polar surface area (TPSA) is 79.4 Å². The van der Waals surface area contributed by atoms with Gasteiger partial charge in [-0.05, 0) is 37.1 Å². The number of rotatable bonds is 4. The molecule has 1 amide bonds. The van der Waals surface area contributed by atoms with Crippen molar-refractivity contribution in [1.82, 2.24) is 9.29 Å². The third-order valence-corrected chi connectivity index (χ3v) is 6.87. The summed E-state index contributed by atoms with van der Waals surface area (Å²) in [5, 5.41) is 3.68. The SMILES string of the molecule is O=C(Nc1cnc2ccccc2c1)c1ccccc1S(=O)(=O)N1CCCCC1. The lowest BCUT2D eigenvalue weighted by atomic mass is 10.2. The Morgan fingerprint density at radius 1 is 0.964 bits per heavy atom. The number of hydrogen-bond donors (Lipinski definition) is 1. The van der Waals surface area contributed by atoms with Crippen molar-refractivity contribution in [3.8, 4) is 0 Å². The van der Waals surface area contributed by atoms with E-state index in [1.54, 1.807) is 24.4 Å². The molecule has 0 saturated carbocycles. The number of piperidine rings is 1. The van der Waals surface area contributed by atoms with Gasteiger partial charge in [0.1, 0.15) is 0 Å². The van der Waals surface area contributed by atoms with Crippen LogP contribution in [0.1, 0.15) is 29.6 Å². The van der Waals surface area contributed by atoms with Gasteiger partial charge in [-0.25, -0.2) is 8.42 Å². The molecule has 0 atom stereocenters. The Morgan fingerprint density at radius 3 is 2.50 bits per heavy atom. The van der Waals surface area contributed by atoms with Crippen molar-refractivity contribution >= 4 is 32.5 Å². The summed E-state index contributed by atoms with van der Waals surface area (Å²) in [5.41, 5.74) is 1.49. The highest BCUT2D eigenvalue weighted by Gasteiger charge is 2.29. The molecule has 144 valence electrons. The fraction of sp³-hybridized carbons (Fsp3) is 0.238. The number of nitrogens with one attached hydrogen (secondary N) is 1. The van der Waals surface area contributed by atoms with E-state index in [1.165, 1.54) is 10.4 Å². The maximum absolute atomic E-state index is 13.1. The maximum atomic E-state index is 13.1. The molecule has 0 bridgehead atoms. The zero-order chi connectivity index (χ0) is 19.6. The largest absolute Gasteiger partial charge is 0.321 e. The third kappa shape index (κ3) is 3.63. The Morgan fingerprint density at radius 2 is 1.68 bits per heavy atom. The molecule has 7 heteroatoms. The first-order valence-electron chi connectivity index (χ1n) is 9.31. The Bertz CT molecular complexity index is 1120. The summed E-state index contributed by atoms with van der Waals surface area (Å²) in [6, 6.07) is 15.8. The van der Waals surface area contributed by atoms with Crippen LogP contribution in [0.5, 0.6) is 0 Å². The van der Waals surface area contributed by atoms with E-state index in [2.05, 4.69) is 10.3 Å². The Balaban J connectivity index is 1.64. The van der Waals surface area contributed by atoms with E-state index in [0.29, 0.717) is 18.8 Å². The molecule has 2 aromatic carbocycles. The van der Waals surface area contributed by atoms with E-state index in [4.69, 9.17) is 0 Å². The molecule has 1 aliphatic rings. The first kappa shape index (κ1) is 18.6. The normalized spacial score (nSPS) is 15.4. The number of carbonyl (C=O) groups excluding carboxylic acids is 1. The van der Waals surface area contributed by atoms with Gasteiger partial charge in [0, 0.05) is 18.5 Å². The number of carbonyl (C=O) groups is 1. The minimum atomic E-state index is -3.71. The van der Waals surface area contributed by atoms with Crippen molar-refractivity contribution in [3.63, 3.8) is 0 Å². The number of benzene rings is 2. The van der Waals surface area contributed by atoms with E-state index in [-0.39, 0.29) is 10.5 Å². The number of nitrogens with zero attached hydrogens (tertiary/aromatic N) is 2. The molecular formula is C21H21N3O3S. The molecule has 4 rings (SSSR count). The maximum Gasteiger partial charge on any atom is 0.257 e. The van der Waals surface area contributed by atoms with E-state index in [0.717, 1.165) is 30.2 Å². The average Bonchev–Trinajstić information content (AvgIpc) is 2.74. The van der Waals surface area contributed by atoms with Crippen molar-refractivity contribution < 1.29 is 13.2 Å². The molecule has 2 heterocycles. The number of anilines is 1. The number of para-hydroxylation sites is 1. The average molecular weight is 395 g/mol. The molecule has 1 fully saturated rings. The van der Waals surface area contributed by atoms with Crippen LogP contribution in [-0.2, 0) is 10.0 Å². The number of fused-ring (bicyclic) bond motifs is 1. The van der Waals surface area contributed by atoms with Crippen LogP contribution in [0.4, 0.5) is 5.69 Å². The van der Waals surface area contributed by atoms with Gasteiger partial charge in [0.2, 0.25) is 10.0 Å². The smallest absolute Gasteiger partial charge is 0.257 e. The molecule has 1 aliphatic heterocycles. The second kappa shape index (κ2) is 7.69. The lowest BCUT2D eigenvalue weighted by molar-refractivity contribution is 0.102. The summed E-state index contributed by atoms with van der Waals surface area (Å²) in [6.45, 7) is 0.986. The van der Waals surface area contributed by atoms with Crippen LogP contribution in [0.2, 0.25) is 0 Å². The van der Waals surface area contributed by atoms with E-state index < -0.39 is 15.9 Å². The molecule has 3 aromatic rings. The Hall–Kier alpha value is -2.77. The van der Waals surface area contributed by atoms with Gasteiger partial charge in [-0.1, -0.05) is 36.8 Å². The summed E-state index contributed by atoms with van der Waals surface area (Å²) in [5.74, 6) is -0.465. The van der Waals surface area contributed by atoms with Gasteiger partial charge in [-0.15, -0.1) is 0 Å². The van der Waals surface area contributed by atoms with Gasteiger partial charge < -0.3 is 5.32 Å². The molecule has 28 heavy (non-hydrogen) atoms. The van der Waals surface area contributed by atoms with Crippen LogP contribution in [-0.4, -0.2) is 36.7 Å². The van der Waals surface area contributed by atoms with Gasteiger partial charge in [0.15, 0.2) is 0 Å². The van der Waals surface area contributed by atoms with Crippen LogP contribution < -0.4 is 5.32 Å². The zero-order valence-electron chi connectivity index (χ0n) is 15.3. The standard InChI is InChI=1S/C21H21N3O3S/c25-21(23-17-14-16-8-2-4-10-19(16)22-15-17)18-9-3-5-11-20(18)28(26,27)24-12-6-1-7-13-24/h2-5,8-11,14-15H,1,6-7,12-13H2,(H,23,25). The minimum Gasteiger partial charge on any atom is -0.321 e. The molecule has 1 aromatic heterocycles. The van der Waals surface area contributed by atoms with Gasteiger partial charge in [0.25, 0.3) is 5.91 Å². The minimum absolute atomic E-state index is 0.0446. The first-order chi connectivity index (χ1) is 13.6. The van der Waals surface area contributed by atoms with E-state index in [1.807, 2.05) is 30.3 Å². The van der Waals surface area contributed by atoms with E-state index >= 15 is 0 Å². The highest BCUT2D eigenvalue weighted by molar-refractivity contribution is 7.89. The summed E-state index contributed by atoms with van der Waals surface area (Å²) < 4.78 is 27.6. The number of aromatic nitrogens is 1. The lowest BCUT2D eigenvalue weighted by Gasteiger charge is -2.26. The van der Waals surface area contributed by atoms with Gasteiger partial charge in [0.05, 0.1) is 27.9 Å². The van der Waals surface area contributed by atoms with Crippen LogP contribution in [0, 0.1) is 0 Å². The highest BCUT2D eigenvalue weighted by Crippen LogP contribution is 2.25. The van der Waals surface area contributed by atoms with Crippen molar-refractivity contribution in [1.29, 1.82) is 0 Å². The van der Waals surface area contributed by atoms with Gasteiger partial charge in [-0.3, -0.25) is 9.78 Å². The highest BCUT2D eigenvalue weighted by atomic mass is 32.2. The fourth-order valence-corrected chi connectivity index (χ4v) is 5.17. The Kier molecular flexibility index (Phi) is 5.11. The molecule has 6 nitrogen and oxygen atoms in total. The summed E-state index contributed by atoms with van der Waals surface area (Å²) >= 11 is 0. The fourth-order valence-electron chi connectivity index (χ4n) is 3.46. The number of amides is 1. The number of pyridine rings is 1.